The average molecular weight is 483 g/mol. The van der Waals surface area contributed by atoms with Crippen LogP contribution in [0.1, 0.15) is 5.56 Å². The molecule has 1 aliphatic rings. The maximum atomic E-state index is 13.3. The molecule has 0 bridgehead atoms. The fourth-order valence-corrected chi connectivity index (χ4v) is 5.45. The van der Waals surface area contributed by atoms with E-state index in [1.54, 1.807) is 36.5 Å². The van der Waals surface area contributed by atoms with Gasteiger partial charge in [-0.3, -0.25) is 4.90 Å². The molecule has 8 heteroatoms. The molecule has 148 valence electrons. The van der Waals surface area contributed by atoms with E-state index in [1.807, 2.05) is 12.1 Å². The molecule has 2 heterocycles. The third kappa shape index (κ3) is 3.86. The average Bonchev–Trinajstić information content (AvgIpc) is 3.09. The van der Waals surface area contributed by atoms with Crippen molar-refractivity contribution in [3.8, 4) is 0 Å². The van der Waals surface area contributed by atoms with E-state index in [-0.39, 0.29) is 4.90 Å². The van der Waals surface area contributed by atoms with Crippen LogP contribution in [0.15, 0.2) is 58.0 Å². The zero-order valence-electron chi connectivity index (χ0n) is 15.5. The van der Waals surface area contributed by atoms with Gasteiger partial charge in [-0.1, -0.05) is 27.5 Å². The topological polar surface area (TPSA) is 45.6 Å². The summed E-state index contributed by atoms with van der Waals surface area (Å²) in [6, 6.07) is 12.3. The number of likely N-dealkylation sites (N-methyl/N-ethyl adjacent to an activating group) is 1. The molecule has 0 unspecified atom stereocenters. The van der Waals surface area contributed by atoms with Crippen LogP contribution < -0.4 is 0 Å². The minimum atomic E-state index is -3.71. The summed E-state index contributed by atoms with van der Waals surface area (Å²) < 4.78 is 28.8. The Labute approximate surface area is 178 Å². The first-order chi connectivity index (χ1) is 13.3. The maximum Gasteiger partial charge on any atom is 0.268 e. The van der Waals surface area contributed by atoms with Crippen LogP contribution in [0.4, 0.5) is 0 Å². The molecule has 1 aliphatic heterocycles. The van der Waals surface area contributed by atoms with Gasteiger partial charge in [-0.2, -0.15) is 0 Å². The lowest BCUT2D eigenvalue weighted by Crippen LogP contribution is -2.43. The first-order valence-corrected chi connectivity index (χ1v) is 11.7. The lowest BCUT2D eigenvalue weighted by molar-refractivity contribution is 0.148. The molecule has 2 aromatic carbocycles. The third-order valence-electron chi connectivity index (χ3n) is 5.18. The minimum absolute atomic E-state index is 0.251. The molecular weight excluding hydrogens is 462 g/mol. The van der Waals surface area contributed by atoms with E-state index in [0.717, 1.165) is 41.6 Å². The van der Waals surface area contributed by atoms with Gasteiger partial charge >= 0.3 is 0 Å². The molecule has 0 atom stereocenters. The van der Waals surface area contributed by atoms with Gasteiger partial charge in [0.2, 0.25) is 0 Å². The molecule has 0 radical (unpaired) electrons. The van der Waals surface area contributed by atoms with Gasteiger partial charge in [0, 0.05) is 53.8 Å². The Bertz CT molecular complexity index is 1120. The Balaban J connectivity index is 1.68. The molecule has 3 aromatic rings. The van der Waals surface area contributed by atoms with Crippen molar-refractivity contribution in [1.82, 2.24) is 13.8 Å². The van der Waals surface area contributed by atoms with E-state index in [2.05, 4.69) is 32.8 Å². The van der Waals surface area contributed by atoms with E-state index in [1.165, 1.54) is 3.97 Å². The quantitative estimate of drug-likeness (QED) is 0.563. The second kappa shape index (κ2) is 7.80. The monoisotopic (exact) mass is 481 g/mol. The fraction of sp³-hybridized carbons (Fsp3) is 0.300. The maximum absolute atomic E-state index is 13.3. The number of piperazine rings is 1. The van der Waals surface area contributed by atoms with Crippen LogP contribution in [0.2, 0.25) is 5.02 Å². The van der Waals surface area contributed by atoms with E-state index >= 15 is 0 Å². The van der Waals surface area contributed by atoms with Crippen LogP contribution in [0.3, 0.4) is 0 Å². The number of fused-ring (bicyclic) bond motifs is 1. The van der Waals surface area contributed by atoms with Gasteiger partial charge in [-0.25, -0.2) is 12.4 Å². The van der Waals surface area contributed by atoms with E-state index in [4.69, 9.17) is 11.6 Å². The highest BCUT2D eigenvalue weighted by atomic mass is 79.9. The molecule has 1 fully saturated rings. The van der Waals surface area contributed by atoms with Crippen LogP contribution in [0.25, 0.3) is 10.9 Å². The van der Waals surface area contributed by atoms with Crippen molar-refractivity contribution in [2.75, 3.05) is 33.2 Å². The molecule has 1 saturated heterocycles. The number of aromatic nitrogens is 1. The first kappa shape index (κ1) is 19.9. The van der Waals surface area contributed by atoms with E-state index in [9.17, 15) is 8.42 Å². The smallest absolute Gasteiger partial charge is 0.268 e. The van der Waals surface area contributed by atoms with Crippen LogP contribution in [0, 0.1) is 0 Å². The van der Waals surface area contributed by atoms with Crippen molar-refractivity contribution in [3.63, 3.8) is 0 Å². The third-order valence-corrected chi connectivity index (χ3v) is 7.73. The predicted molar refractivity (Wildman–Crippen MR) is 116 cm³/mol. The van der Waals surface area contributed by atoms with Gasteiger partial charge in [-0.15, -0.1) is 0 Å². The highest BCUT2D eigenvalue weighted by Crippen LogP contribution is 2.28. The summed E-state index contributed by atoms with van der Waals surface area (Å²) in [7, 11) is -1.60. The summed E-state index contributed by atoms with van der Waals surface area (Å²) in [6.45, 7) is 4.54. The molecule has 0 amide bonds. The normalized spacial score (nSPS) is 16.7. The molecule has 1 aromatic heterocycles. The van der Waals surface area contributed by atoms with Crippen LogP contribution in [0.5, 0.6) is 0 Å². The van der Waals surface area contributed by atoms with E-state index in [0.29, 0.717) is 17.1 Å². The SMILES string of the molecule is CN1CCN(Cc2cc(S(=O)(=O)n3ccc4cc(Br)ccc43)ccc2Cl)CC1. The predicted octanol–water partition coefficient (Wildman–Crippen LogP) is 4.04. The Hall–Kier alpha value is -1.38. The fourth-order valence-electron chi connectivity index (χ4n) is 3.49. The largest absolute Gasteiger partial charge is 0.304 e. The first-order valence-electron chi connectivity index (χ1n) is 9.06. The summed E-state index contributed by atoms with van der Waals surface area (Å²) in [5, 5.41) is 1.46. The number of rotatable bonds is 4. The highest BCUT2D eigenvalue weighted by molar-refractivity contribution is 9.10. The molecule has 5 nitrogen and oxygen atoms in total. The van der Waals surface area contributed by atoms with Gasteiger partial charge in [0.05, 0.1) is 10.4 Å². The standard InChI is InChI=1S/C20H21BrClN3O2S/c1-23-8-10-24(11-9-23)14-16-13-18(3-4-19(16)22)28(26,27)25-7-6-15-12-17(21)2-5-20(15)25/h2-7,12-13H,8-11,14H2,1H3. The second-order valence-corrected chi connectivity index (χ2v) is 10.3. The van der Waals surface area contributed by atoms with Crippen LogP contribution in [-0.2, 0) is 16.6 Å². The number of hydrogen-bond acceptors (Lipinski definition) is 4. The van der Waals surface area contributed by atoms with Crippen LogP contribution >= 0.6 is 27.5 Å². The summed E-state index contributed by atoms with van der Waals surface area (Å²) in [5.74, 6) is 0. The summed E-state index contributed by atoms with van der Waals surface area (Å²) in [6.07, 6.45) is 1.60. The lowest BCUT2D eigenvalue weighted by atomic mass is 10.2. The molecular formula is C20H21BrClN3O2S. The van der Waals surface area contributed by atoms with Gasteiger partial charge in [-0.05, 0) is 55.1 Å². The summed E-state index contributed by atoms with van der Waals surface area (Å²) in [5.41, 5.74) is 1.49. The van der Waals surface area contributed by atoms with Crippen molar-refractivity contribution >= 4 is 48.5 Å². The molecule has 4 rings (SSSR count). The highest BCUT2D eigenvalue weighted by Gasteiger charge is 2.21. The van der Waals surface area contributed by atoms with Gasteiger partial charge in [0.15, 0.2) is 0 Å². The van der Waals surface area contributed by atoms with Crippen molar-refractivity contribution in [2.45, 2.75) is 11.4 Å². The Morgan fingerprint density at radius 3 is 2.54 bits per heavy atom. The van der Waals surface area contributed by atoms with Gasteiger partial charge in [0.1, 0.15) is 0 Å². The molecule has 0 spiro atoms. The summed E-state index contributed by atoms with van der Waals surface area (Å²) >= 11 is 9.81. The van der Waals surface area contributed by atoms with Gasteiger partial charge in [0.25, 0.3) is 10.0 Å². The molecule has 28 heavy (non-hydrogen) atoms. The van der Waals surface area contributed by atoms with Crippen molar-refractivity contribution in [3.05, 3.63) is 63.7 Å². The Kier molecular flexibility index (Phi) is 5.55. The zero-order chi connectivity index (χ0) is 19.9. The Morgan fingerprint density at radius 2 is 1.79 bits per heavy atom. The van der Waals surface area contributed by atoms with Crippen LogP contribution in [-0.4, -0.2) is 55.4 Å². The number of hydrogen-bond donors (Lipinski definition) is 0. The van der Waals surface area contributed by atoms with Crippen molar-refractivity contribution < 1.29 is 8.42 Å². The molecule has 0 aliphatic carbocycles. The Morgan fingerprint density at radius 1 is 1.04 bits per heavy atom. The lowest BCUT2D eigenvalue weighted by Gasteiger charge is -2.32. The molecule has 0 N–H and O–H groups in total. The van der Waals surface area contributed by atoms with E-state index < -0.39 is 10.0 Å². The van der Waals surface area contributed by atoms with Gasteiger partial charge < -0.3 is 4.90 Å². The summed E-state index contributed by atoms with van der Waals surface area (Å²) in [4.78, 5) is 4.84. The molecule has 0 saturated carbocycles. The number of benzene rings is 2. The number of nitrogens with zero attached hydrogens (tertiary/aromatic N) is 3. The second-order valence-electron chi connectivity index (χ2n) is 7.15. The zero-order valence-corrected chi connectivity index (χ0v) is 18.6. The van der Waals surface area contributed by atoms with Crippen molar-refractivity contribution in [2.24, 2.45) is 0 Å². The van der Waals surface area contributed by atoms with Crippen molar-refractivity contribution in [1.29, 1.82) is 0 Å². The minimum Gasteiger partial charge on any atom is -0.304 e. The number of halogens is 2.